The van der Waals surface area contributed by atoms with Crippen molar-refractivity contribution < 1.29 is 9.53 Å². The summed E-state index contributed by atoms with van der Waals surface area (Å²) < 4.78 is 7.71. The van der Waals surface area contributed by atoms with E-state index in [2.05, 4.69) is 5.10 Å². The van der Waals surface area contributed by atoms with E-state index in [1.165, 1.54) is 0 Å². The van der Waals surface area contributed by atoms with Crippen molar-refractivity contribution in [3.63, 3.8) is 0 Å². The number of para-hydroxylation sites is 2. The molecule has 2 heterocycles. The number of benzene rings is 2. The fraction of sp³-hybridized carbons (Fsp3) is 0.263. The summed E-state index contributed by atoms with van der Waals surface area (Å²) in [5, 5.41) is 5.38. The van der Waals surface area contributed by atoms with Crippen molar-refractivity contribution in [1.29, 1.82) is 0 Å². The van der Waals surface area contributed by atoms with E-state index in [0.717, 1.165) is 29.6 Å². The minimum atomic E-state index is 0.0608. The highest BCUT2D eigenvalue weighted by Crippen LogP contribution is 2.19. The van der Waals surface area contributed by atoms with Gasteiger partial charge in [-0.1, -0.05) is 36.4 Å². The third kappa shape index (κ3) is 2.97. The second-order valence-corrected chi connectivity index (χ2v) is 6.04. The summed E-state index contributed by atoms with van der Waals surface area (Å²) in [6.07, 6.45) is 2.72. The average Bonchev–Trinajstić information content (AvgIpc) is 3.24. The van der Waals surface area contributed by atoms with Crippen LogP contribution in [-0.2, 0) is 11.3 Å². The van der Waals surface area contributed by atoms with Gasteiger partial charge in [-0.3, -0.25) is 9.48 Å². The van der Waals surface area contributed by atoms with Crippen molar-refractivity contribution >= 4 is 16.8 Å². The molecule has 3 aromatic rings. The summed E-state index contributed by atoms with van der Waals surface area (Å²) in [7, 11) is 0. The number of likely N-dealkylation sites (tertiary alicyclic amines) is 1. The van der Waals surface area contributed by atoms with Gasteiger partial charge in [0.05, 0.1) is 18.3 Å². The maximum absolute atomic E-state index is 12.6. The van der Waals surface area contributed by atoms with Crippen molar-refractivity contribution in [2.24, 2.45) is 0 Å². The van der Waals surface area contributed by atoms with Crippen molar-refractivity contribution in [1.82, 2.24) is 14.7 Å². The van der Waals surface area contributed by atoms with E-state index < -0.39 is 0 Å². The van der Waals surface area contributed by atoms with Crippen LogP contribution in [0, 0.1) is 0 Å². The summed E-state index contributed by atoms with van der Waals surface area (Å²) in [6.45, 7) is 1.63. The number of rotatable bonds is 4. The number of hydrogen-bond acceptors (Lipinski definition) is 3. The third-order valence-corrected chi connectivity index (χ3v) is 4.38. The van der Waals surface area contributed by atoms with Crippen molar-refractivity contribution in [2.75, 3.05) is 13.1 Å². The zero-order valence-electron chi connectivity index (χ0n) is 13.3. The fourth-order valence-corrected chi connectivity index (χ4v) is 3.12. The minimum absolute atomic E-state index is 0.0608. The minimum Gasteiger partial charge on any atom is -0.489 e. The molecule has 1 saturated heterocycles. The summed E-state index contributed by atoms with van der Waals surface area (Å²) >= 11 is 0. The Morgan fingerprint density at radius 3 is 2.79 bits per heavy atom. The molecule has 0 saturated carbocycles. The van der Waals surface area contributed by atoms with Gasteiger partial charge in [-0.2, -0.15) is 5.10 Å². The Morgan fingerprint density at radius 1 is 1.12 bits per heavy atom. The average molecular weight is 321 g/mol. The zero-order chi connectivity index (χ0) is 16.4. The molecule has 1 aromatic heterocycles. The van der Waals surface area contributed by atoms with E-state index in [1.807, 2.05) is 59.5 Å². The summed E-state index contributed by atoms with van der Waals surface area (Å²) in [5.74, 6) is 0.942. The molecule has 5 heteroatoms. The summed E-state index contributed by atoms with van der Waals surface area (Å²) in [6, 6.07) is 17.7. The van der Waals surface area contributed by atoms with Crippen molar-refractivity contribution in [2.45, 2.75) is 19.1 Å². The molecule has 1 aliphatic heterocycles. The van der Waals surface area contributed by atoms with Crippen LogP contribution in [0.2, 0.25) is 0 Å². The fourth-order valence-electron chi connectivity index (χ4n) is 3.12. The molecule has 4 rings (SSSR count). The van der Waals surface area contributed by atoms with Gasteiger partial charge >= 0.3 is 0 Å². The van der Waals surface area contributed by atoms with Crippen molar-refractivity contribution in [3.05, 3.63) is 60.8 Å². The molecule has 24 heavy (non-hydrogen) atoms. The monoisotopic (exact) mass is 321 g/mol. The largest absolute Gasteiger partial charge is 0.489 e. The van der Waals surface area contributed by atoms with E-state index in [4.69, 9.17) is 4.74 Å². The van der Waals surface area contributed by atoms with Crippen LogP contribution in [-0.4, -0.2) is 39.8 Å². The molecular formula is C19H19N3O2. The number of aromatic nitrogens is 2. The van der Waals surface area contributed by atoms with Gasteiger partial charge in [0.2, 0.25) is 5.91 Å². The van der Waals surface area contributed by atoms with Gasteiger partial charge in [0.15, 0.2) is 0 Å². The molecule has 1 amide bonds. The molecule has 1 atom stereocenters. The Kier molecular flexibility index (Phi) is 3.91. The van der Waals surface area contributed by atoms with Gasteiger partial charge in [-0.25, -0.2) is 0 Å². The number of fused-ring (bicyclic) bond motifs is 1. The highest BCUT2D eigenvalue weighted by Gasteiger charge is 2.27. The number of amides is 1. The van der Waals surface area contributed by atoms with Gasteiger partial charge < -0.3 is 9.64 Å². The summed E-state index contributed by atoms with van der Waals surface area (Å²) in [5.41, 5.74) is 0.988. The van der Waals surface area contributed by atoms with E-state index in [1.54, 1.807) is 10.9 Å². The first-order valence-electron chi connectivity index (χ1n) is 8.19. The lowest BCUT2D eigenvalue weighted by Gasteiger charge is -2.17. The van der Waals surface area contributed by atoms with E-state index in [-0.39, 0.29) is 18.6 Å². The van der Waals surface area contributed by atoms with Crippen LogP contribution in [0.1, 0.15) is 6.42 Å². The Labute approximate surface area is 140 Å². The molecule has 5 nitrogen and oxygen atoms in total. The lowest BCUT2D eigenvalue weighted by Crippen LogP contribution is -2.33. The Balaban J connectivity index is 1.39. The lowest BCUT2D eigenvalue weighted by molar-refractivity contribution is -0.131. The molecule has 0 bridgehead atoms. The molecule has 0 radical (unpaired) electrons. The highest BCUT2D eigenvalue weighted by molar-refractivity contribution is 5.82. The predicted molar refractivity (Wildman–Crippen MR) is 91.8 cm³/mol. The van der Waals surface area contributed by atoms with Gasteiger partial charge in [0.25, 0.3) is 0 Å². The number of carbonyl (C=O) groups is 1. The molecular weight excluding hydrogens is 302 g/mol. The zero-order valence-corrected chi connectivity index (χ0v) is 13.3. The SMILES string of the molecule is O=C(Cn1ncc2ccccc21)N1CCC(Oc2ccccc2)C1. The first-order chi connectivity index (χ1) is 11.8. The van der Waals surface area contributed by atoms with Crippen LogP contribution in [0.5, 0.6) is 5.75 Å². The first-order valence-corrected chi connectivity index (χ1v) is 8.19. The van der Waals surface area contributed by atoms with Crippen molar-refractivity contribution in [3.8, 4) is 5.75 Å². The molecule has 1 aliphatic rings. The third-order valence-electron chi connectivity index (χ3n) is 4.38. The quantitative estimate of drug-likeness (QED) is 0.742. The van der Waals surface area contributed by atoms with Gasteiger partial charge in [0, 0.05) is 18.4 Å². The van der Waals surface area contributed by atoms with Crippen LogP contribution < -0.4 is 4.74 Å². The van der Waals surface area contributed by atoms with E-state index >= 15 is 0 Å². The predicted octanol–water partition coefficient (Wildman–Crippen LogP) is 2.72. The molecule has 0 aliphatic carbocycles. The Hall–Kier alpha value is -2.82. The number of hydrogen-bond donors (Lipinski definition) is 0. The first kappa shape index (κ1) is 14.8. The normalized spacial score (nSPS) is 17.3. The van der Waals surface area contributed by atoms with Crippen LogP contribution in [0.15, 0.2) is 60.8 Å². The lowest BCUT2D eigenvalue weighted by atomic mass is 10.2. The Bertz CT molecular complexity index is 844. The number of ether oxygens (including phenoxy) is 1. The van der Waals surface area contributed by atoms with E-state index in [0.29, 0.717) is 6.54 Å². The van der Waals surface area contributed by atoms with Crippen LogP contribution in [0.25, 0.3) is 10.9 Å². The molecule has 0 N–H and O–H groups in total. The Morgan fingerprint density at radius 2 is 1.92 bits per heavy atom. The molecule has 0 spiro atoms. The molecule has 1 unspecified atom stereocenters. The molecule has 2 aromatic carbocycles. The summed E-state index contributed by atoms with van der Waals surface area (Å²) in [4.78, 5) is 14.4. The molecule has 1 fully saturated rings. The topological polar surface area (TPSA) is 47.4 Å². The number of carbonyl (C=O) groups excluding carboxylic acids is 1. The highest BCUT2D eigenvalue weighted by atomic mass is 16.5. The maximum Gasteiger partial charge on any atom is 0.244 e. The van der Waals surface area contributed by atoms with Crippen LogP contribution >= 0.6 is 0 Å². The van der Waals surface area contributed by atoms with Gasteiger partial charge in [-0.05, 0) is 18.2 Å². The molecule has 122 valence electrons. The van der Waals surface area contributed by atoms with Crippen LogP contribution in [0.3, 0.4) is 0 Å². The number of nitrogens with zero attached hydrogens (tertiary/aromatic N) is 3. The van der Waals surface area contributed by atoms with Gasteiger partial charge in [-0.15, -0.1) is 0 Å². The smallest absolute Gasteiger partial charge is 0.244 e. The second kappa shape index (κ2) is 6.35. The maximum atomic E-state index is 12.6. The second-order valence-electron chi connectivity index (χ2n) is 6.04. The standard InChI is InChI=1S/C19H19N3O2/c23-19(14-22-18-9-5-4-6-15(18)12-20-22)21-11-10-17(13-21)24-16-7-2-1-3-8-16/h1-9,12,17H,10-11,13-14H2. The van der Waals surface area contributed by atoms with Crippen LogP contribution in [0.4, 0.5) is 0 Å². The van der Waals surface area contributed by atoms with Gasteiger partial charge in [0.1, 0.15) is 18.4 Å². The van der Waals surface area contributed by atoms with E-state index in [9.17, 15) is 4.79 Å².